The van der Waals surface area contributed by atoms with Crippen molar-refractivity contribution in [1.29, 1.82) is 0 Å². The van der Waals surface area contributed by atoms with Crippen LogP contribution >= 0.6 is 0 Å². The average molecular weight is 807 g/mol. The van der Waals surface area contributed by atoms with Gasteiger partial charge in [0.2, 0.25) is 0 Å². The molecule has 0 radical (unpaired) electrons. The van der Waals surface area contributed by atoms with E-state index in [9.17, 15) is 14.7 Å². The number of aliphatic hydroxyl groups is 1. The van der Waals surface area contributed by atoms with Crippen molar-refractivity contribution in [3.05, 3.63) is 0 Å². The van der Waals surface area contributed by atoms with Crippen molar-refractivity contribution >= 4 is 11.9 Å². The van der Waals surface area contributed by atoms with Gasteiger partial charge in [-0.15, -0.1) is 0 Å². The molecule has 57 heavy (non-hydrogen) atoms. The van der Waals surface area contributed by atoms with E-state index in [1.54, 1.807) is 0 Å². The topological polar surface area (TPSA) is 79.3 Å². The highest BCUT2D eigenvalue weighted by atomic mass is 16.5. The minimum Gasteiger partial charge on any atom is -0.466 e. The maximum Gasteiger partial charge on any atom is 0.306 e. The van der Waals surface area contributed by atoms with Crippen LogP contribution in [0, 0.1) is 17.8 Å². The van der Waals surface area contributed by atoms with E-state index >= 15 is 0 Å². The van der Waals surface area contributed by atoms with Gasteiger partial charge in [0, 0.05) is 52.1 Å². The summed E-state index contributed by atoms with van der Waals surface area (Å²) in [5, 5.41) is 9.36. The number of esters is 2. The minimum absolute atomic E-state index is 0.0289. The minimum atomic E-state index is 0.0289. The number of nitrogens with zero attached hydrogens (tertiary/aromatic N) is 2. The van der Waals surface area contributed by atoms with Crippen molar-refractivity contribution in [3.63, 3.8) is 0 Å². The van der Waals surface area contributed by atoms with Gasteiger partial charge in [-0.05, 0) is 69.1 Å². The van der Waals surface area contributed by atoms with E-state index in [2.05, 4.69) is 37.5 Å². The number of unbranched alkanes of at least 4 members (excludes halogenated alkanes) is 18. The highest BCUT2D eigenvalue weighted by molar-refractivity contribution is 5.70. The van der Waals surface area contributed by atoms with Crippen LogP contribution in [-0.4, -0.2) is 85.9 Å². The Morgan fingerprint density at radius 3 is 1.12 bits per heavy atom. The highest BCUT2D eigenvalue weighted by Crippen LogP contribution is 2.24. The molecule has 0 amide bonds. The normalized spacial score (nSPS) is 14.0. The number of hydrogen-bond donors (Lipinski definition) is 1. The molecule has 1 fully saturated rings. The number of aliphatic hydroxyl groups excluding tert-OH is 1. The lowest BCUT2D eigenvalue weighted by molar-refractivity contribution is -0.146. The second-order valence-electron chi connectivity index (χ2n) is 18.1. The predicted molar refractivity (Wildman–Crippen MR) is 243 cm³/mol. The summed E-state index contributed by atoms with van der Waals surface area (Å²) in [5.41, 5.74) is 0. The monoisotopic (exact) mass is 807 g/mol. The number of rotatable bonds is 42. The summed E-state index contributed by atoms with van der Waals surface area (Å²) in [6.07, 6.45) is 38.2. The average Bonchev–Trinajstić information content (AvgIpc) is 3.20. The molecule has 0 aromatic heterocycles. The van der Waals surface area contributed by atoms with E-state index in [1.165, 1.54) is 173 Å². The molecule has 338 valence electrons. The lowest BCUT2D eigenvalue weighted by atomic mass is 9.92. The summed E-state index contributed by atoms with van der Waals surface area (Å²) < 4.78 is 11.4. The molecular weight excluding hydrogens is 709 g/mol. The summed E-state index contributed by atoms with van der Waals surface area (Å²) in [7, 11) is 0. The molecule has 1 saturated heterocycles. The van der Waals surface area contributed by atoms with Gasteiger partial charge >= 0.3 is 11.9 Å². The third-order valence-electron chi connectivity index (χ3n) is 12.7. The zero-order chi connectivity index (χ0) is 41.4. The Labute approximate surface area is 354 Å². The van der Waals surface area contributed by atoms with Gasteiger partial charge in [0.15, 0.2) is 0 Å². The number of hydrogen-bond acceptors (Lipinski definition) is 7. The fraction of sp³-hybridized carbons (Fsp3) is 0.960. The molecule has 0 aliphatic carbocycles. The number of carbonyl (C=O) groups excluding carboxylic acids is 2. The smallest absolute Gasteiger partial charge is 0.306 e. The van der Waals surface area contributed by atoms with Crippen molar-refractivity contribution in [3.8, 4) is 0 Å². The third kappa shape index (κ3) is 33.3. The standard InChI is InChI=1S/C50H98N2O5/c1-5-9-21-29-46(30-22-10-6-2)43-49(54)56-41-27-19-15-13-17-25-33-48(45-52-37-35-51(36-38-52)39-40-53)34-26-18-14-16-20-28-42-57-50(55)44-47(31-23-11-7-3)32-24-12-8-4/h46-48,53H,5-45H2,1-4H3. The van der Waals surface area contributed by atoms with Gasteiger partial charge in [-0.1, -0.05) is 169 Å². The van der Waals surface area contributed by atoms with E-state index < -0.39 is 0 Å². The lowest BCUT2D eigenvalue weighted by Gasteiger charge is -2.36. The summed E-state index contributed by atoms with van der Waals surface area (Å²) in [6, 6.07) is 0. The van der Waals surface area contributed by atoms with Crippen molar-refractivity contribution in [2.45, 2.75) is 233 Å². The van der Waals surface area contributed by atoms with Crippen LogP contribution in [0.2, 0.25) is 0 Å². The maximum absolute atomic E-state index is 12.6. The maximum atomic E-state index is 12.6. The lowest BCUT2D eigenvalue weighted by Crippen LogP contribution is -2.48. The van der Waals surface area contributed by atoms with Crippen molar-refractivity contribution < 1.29 is 24.2 Å². The fourth-order valence-corrected chi connectivity index (χ4v) is 8.90. The molecule has 0 bridgehead atoms. The Morgan fingerprint density at radius 2 is 0.754 bits per heavy atom. The first-order valence-electron chi connectivity index (χ1n) is 25.3. The molecule has 1 aliphatic rings. The van der Waals surface area contributed by atoms with Gasteiger partial charge in [0.05, 0.1) is 19.8 Å². The molecule has 1 heterocycles. The van der Waals surface area contributed by atoms with Crippen LogP contribution < -0.4 is 0 Å². The molecule has 7 nitrogen and oxygen atoms in total. The Morgan fingerprint density at radius 1 is 0.439 bits per heavy atom. The first kappa shape index (κ1) is 53.8. The predicted octanol–water partition coefficient (Wildman–Crippen LogP) is 13.1. The van der Waals surface area contributed by atoms with Crippen LogP contribution in [0.5, 0.6) is 0 Å². The van der Waals surface area contributed by atoms with Gasteiger partial charge < -0.3 is 19.5 Å². The van der Waals surface area contributed by atoms with Gasteiger partial charge in [0.1, 0.15) is 0 Å². The number of piperazine rings is 1. The van der Waals surface area contributed by atoms with Gasteiger partial charge in [-0.3, -0.25) is 14.5 Å². The molecular formula is C50H98N2O5. The summed E-state index contributed by atoms with van der Waals surface area (Å²) in [5.74, 6) is 1.84. The molecule has 0 aromatic rings. The van der Waals surface area contributed by atoms with E-state index in [0.29, 0.717) is 37.9 Å². The van der Waals surface area contributed by atoms with Crippen LogP contribution in [0.3, 0.4) is 0 Å². The van der Waals surface area contributed by atoms with Crippen molar-refractivity contribution in [1.82, 2.24) is 9.80 Å². The van der Waals surface area contributed by atoms with Crippen LogP contribution in [0.1, 0.15) is 233 Å². The molecule has 0 unspecified atom stereocenters. The molecule has 0 saturated carbocycles. The van der Waals surface area contributed by atoms with E-state index in [4.69, 9.17) is 9.47 Å². The van der Waals surface area contributed by atoms with Crippen LogP contribution in [0.25, 0.3) is 0 Å². The van der Waals surface area contributed by atoms with Crippen LogP contribution in [0.4, 0.5) is 0 Å². The van der Waals surface area contributed by atoms with Crippen LogP contribution in [-0.2, 0) is 19.1 Å². The van der Waals surface area contributed by atoms with Crippen LogP contribution in [0.15, 0.2) is 0 Å². The fourth-order valence-electron chi connectivity index (χ4n) is 8.90. The molecule has 1 rings (SSSR count). The molecule has 0 aromatic carbocycles. The SMILES string of the molecule is CCCCCC(CCCCC)CC(=O)OCCCCCCCCC(CCCCCCCCOC(=O)CC(CCCCC)CCCCC)CN1CCN(CCO)CC1. The largest absolute Gasteiger partial charge is 0.466 e. The first-order valence-corrected chi connectivity index (χ1v) is 25.3. The highest BCUT2D eigenvalue weighted by Gasteiger charge is 2.20. The van der Waals surface area contributed by atoms with Gasteiger partial charge in [-0.2, -0.15) is 0 Å². The summed E-state index contributed by atoms with van der Waals surface area (Å²) in [4.78, 5) is 30.2. The van der Waals surface area contributed by atoms with Crippen molar-refractivity contribution in [2.24, 2.45) is 17.8 Å². The Hall–Kier alpha value is -1.18. The molecule has 0 spiro atoms. The number of ether oxygens (including phenoxy) is 2. The number of β-amino-alcohol motifs (C(OH)–C–C–N with tert-alkyl or cyclic N) is 1. The first-order chi connectivity index (χ1) is 27.9. The van der Waals surface area contributed by atoms with Crippen molar-refractivity contribution in [2.75, 3.05) is 59.1 Å². The Bertz CT molecular complexity index is 803. The zero-order valence-corrected chi connectivity index (χ0v) is 38.7. The Balaban J connectivity index is 2.28. The van der Waals surface area contributed by atoms with Gasteiger partial charge in [-0.25, -0.2) is 0 Å². The summed E-state index contributed by atoms with van der Waals surface area (Å²) >= 11 is 0. The third-order valence-corrected chi connectivity index (χ3v) is 12.7. The van der Waals surface area contributed by atoms with E-state index in [-0.39, 0.29) is 18.5 Å². The molecule has 1 N–H and O–H groups in total. The molecule has 7 heteroatoms. The zero-order valence-electron chi connectivity index (χ0n) is 38.7. The molecule has 1 aliphatic heterocycles. The second kappa shape index (κ2) is 40.2. The molecule has 0 atom stereocenters. The van der Waals surface area contributed by atoms with Gasteiger partial charge in [0.25, 0.3) is 0 Å². The van der Waals surface area contributed by atoms with E-state index in [1.807, 2.05) is 0 Å². The Kier molecular flexibility index (Phi) is 38.0. The summed E-state index contributed by atoms with van der Waals surface area (Å²) in [6.45, 7) is 16.9. The quantitative estimate of drug-likeness (QED) is 0.0486. The second-order valence-corrected chi connectivity index (χ2v) is 18.1. The number of carbonyl (C=O) groups is 2. The van der Waals surface area contributed by atoms with E-state index in [0.717, 1.165) is 64.3 Å².